The Morgan fingerprint density at radius 2 is 1.61 bits per heavy atom. The molecule has 0 aromatic heterocycles. The van der Waals surface area contributed by atoms with Crippen molar-refractivity contribution in [3.05, 3.63) is 35.4 Å². The van der Waals surface area contributed by atoms with E-state index < -0.39 is 29.5 Å². The number of amides is 2. The summed E-state index contributed by atoms with van der Waals surface area (Å²) in [5, 5.41) is 2.44. The van der Waals surface area contributed by atoms with Crippen LogP contribution in [-0.4, -0.2) is 17.9 Å². The molecule has 4 nitrogen and oxygen atoms in total. The van der Waals surface area contributed by atoms with E-state index in [2.05, 4.69) is 12.2 Å². The van der Waals surface area contributed by atoms with E-state index in [1.54, 1.807) is 0 Å². The van der Waals surface area contributed by atoms with Crippen molar-refractivity contribution in [3.8, 4) is 0 Å². The third-order valence-corrected chi connectivity index (χ3v) is 3.62. The van der Waals surface area contributed by atoms with E-state index in [1.165, 1.54) is 6.42 Å². The minimum Gasteiger partial charge on any atom is -0.368 e. The van der Waals surface area contributed by atoms with Crippen LogP contribution >= 0.6 is 0 Å². The number of unbranched alkanes of at least 4 members (excludes halogenated alkanes) is 5. The normalized spacial score (nSPS) is 12.0. The predicted molar refractivity (Wildman–Crippen MR) is 84.8 cm³/mol. The molecule has 2 amide bonds. The van der Waals surface area contributed by atoms with Crippen molar-refractivity contribution in [2.75, 3.05) is 0 Å². The molecule has 0 heterocycles. The summed E-state index contributed by atoms with van der Waals surface area (Å²) in [5.41, 5.74) is 5.11. The van der Waals surface area contributed by atoms with Crippen molar-refractivity contribution in [2.24, 2.45) is 5.73 Å². The molecule has 128 valence electrons. The van der Waals surface area contributed by atoms with Gasteiger partial charge in [0.25, 0.3) is 5.91 Å². The molecule has 0 radical (unpaired) electrons. The molecular weight excluding hydrogens is 302 g/mol. The Bertz CT molecular complexity index is 515. The lowest BCUT2D eigenvalue weighted by Gasteiger charge is -2.15. The summed E-state index contributed by atoms with van der Waals surface area (Å²) in [7, 11) is 0. The first-order valence-corrected chi connectivity index (χ1v) is 8.00. The highest BCUT2D eigenvalue weighted by Crippen LogP contribution is 2.11. The SMILES string of the molecule is CCCCCCCC[C@H](NC(=O)c1cc(F)cc(F)c1)C(N)=O. The smallest absolute Gasteiger partial charge is 0.252 e. The number of primary amides is 1. The van der Waals surface area contributed by atoms with Crippen LogP contribution in [-0.2, 0) is 4.79 Å². The Hall–Kier alpha value is -1.98. The number of hydrogen-bond acceptors (Lipinski definition) is 2. The molecule has 1 aromatic carbocycles. The molecule has 3 N–H and O–H groups in total. The van der Waals surface area contributed by atoms with Gasteiger partial charge in [0.2, 0.25) is 5.91 Å². The minimum atomic E-state index is -0.846. The lowest BCUT2D eigenvalue weighted by molar-refractivity contribution is -0.120. The van der Waals surface area contributed by atoms with Crippen molar-refractivity contribution in [2.45, 2.75) is 57.9 Å². The van der Waals surface area contributed by atoms with Gasteiger partial charge in [-0.15, -0.1) is 0 Å². The van der Waals surface area contributed by atoms with Crippen molar-refractivity contribution in [1.82, 2.24) is 5.32 Å². The molecule has 23 heavy (non-hydrogen) atoms. The van der Waals surface area contributed by atoms with Gasteiger partial charge in [0.1, 0.15) is 17.7 Å². The third-order valence-electron chi connectivity index (χ3n) is 3.62. The molecule has 1 atom stereocenters. The van der Waals surface area contributed by atoms with Gasteiger partial charge in [-0.05, 0) is 18.6 Å². The molecule has 0 spiro atoms. The number of benzene rings is 1. The maximum absolute atomic E-state index is 13.1. The van der Waals surface area contributed by atoms with Gasteiger partial charge in [-0.1, -0.05) is 45.4 Å². The Balaban J connectivity index is 2.51. The van der Waals surface area contributed by atoms with Crippen LogP contribution in [0.4, 0.5) is 8.78 Å². The van der Waals surface area contributed by atoms with Gasteiger partial charge >= 0.3 is 0 Å². The second-order valence-corrected chi connectivity index (χ2v) is 5.64. The first-order chi connectivity index (χ1) is 10.9. The molecule has 1 aromatic rings. The van der Waals surface area contributed by atoms with E-state index >= 15 is 0 Å². The van der Waals surface area contributed by atoms with Crippen LogP contribution in [0.3, 0.4) is 0 Å². The molecule has 0 aliphatic carbocycles. The largest absolute Gasteiger partial charge is 0.368 e. The first-order valence-electron chi connectivity index (χ1n) is 8.00. The van der Waals surface area contributed by atoms with Gasteiger partial charge in [0.15, 0.2) is 0 Å². The summed E-state index contributed by atoms with van der Waals surface area (Å²) in [5.74, 6) is -3.05. The van der Waals surface area contributed by atoms with Crippen LogP contribution in [0.1, 0.15) is 62.2 Å². The topological polar surface area (TPSA) is 72.2 Å². The molecule has 0 aliphatic heterocycles. The number of halogens is 2. The summed E-state index contributed by atoms with van der Waals surface area (Å²) in [6, 6.07) is 1.68. The monoisotopic (exact) mass is 326 g/mol. The van der Waals surface area contributed by atoms with Gasteiger partial charge in [-0.3, -0.25) is 9.59 Å². The highest BCUT2D eigenvalue weighted by atomic mass is 19.1. The highest BCUT2D eigenvalue weighted by molar-refractivity contribution is 5.97. The van der Waals surface area contributed by atoms with E-state index in [0.29, 0.717) is 12.5 Å². The zero-order valence-corrected chi connectivity index (χ0v) is 13.4. The van der Waals surface area contributed by atoms with E-state index in [9.17, 15) is 18.4 Å². The van der Waals surface area contributed by atoms with Crippen LogP contribution in [0.15, 0.2) is 18.2 Å². The Kier molecular flexibility index (Phi) is 8.22. The second-order valence-electron chi connectivity index (χ2n) is 5.64. The zero-order valence-electron chi connectivity index (χ0n) is 13.4. The molecule has 6 heteroatoms. The summed E-state index contributed by atoms with van der Waals surface area (Å²) in [6.07, 6.45) is 6.69. The molecule has 0 saturated heterocycles. The fourth-order valence-electron chi connectivity index (χ4n) is 2.34. The number of carbonyl (C=O) groups is 2. The summed E-state index contributed by atoms with van der Waals surface area (Å²) in [4.78, 5) is 23.4. The number of rotatable bonds is 10. The summed E-state index contributed by atoms with van der Waals surface area (Å²) in [6.45, 7) is 2.13. The fraction of sp³-hybridized carbons (Fsp3) is 0.529. The Morgan fingerprint density at radius 3 is 2.17 bits per heavy atom. The number of nitrogens with two attached hydrogens (primary N) is 1. The second kappa shape index (κ2) is 9.92. The molecule has 0 unspecified atom stereocenters. The lowest BCUT2D eigenvalue weighted by Crippen LogP contribution is -2.44. The van der Waals surface area contributed by atoms with E-state index in [4.69, 9.17) is 5.73 Å². The van der Waals surface area contributed by atoms with Crippen LogP contribution < -0.4 is 11.1 Å². The van der Waals surface area contributed by atoms with Gasteiger partial charge in [0, 0.05) is 11.6 Å². The van der Waals surface area contributed by atoms with Gasteiger partial charge < -0.3 is 11.1 Å². The average molecular weight is 326 g/mol. The first kappa shape index (κ1) is 19.1. The molecule has 1 rings (SSSR count). The van der Waals surface area contributed by atoms with E-state index in [0.717, 1.165) is 44.2 Å². The quantitative estimate of drug-likeness (QED) is 0.648. The lowest BCUT2D eigenvalue weighted by atomic mass is 10.0. The number of carbonyl (C=O) groups excluding carboxylic acids is 2. The molecule has 0 fully saturated rings. The van der Waals surface area contributed by atoms with Gasteiger partial charge in [-0.25, -0.2) is 8.78 Å². The molecule has 0 bridgehead atoms. The number of hydrogen-bond donors (Lipinski definition) is 2. The van der Waals surface area contributed by atoms with Crippen molar-refractivity contribution in [3.63, 3.8) is 0 Å². The third kappa shape index (κ3) is 7.21. The van der Waals surface area contributed by atoms with Gasteiger partial charge in [0.05, 0.1) is 0 Å². The molecule has 0 aliphatic rings. The van der Waals surface area contributed by atoms with Crippen LogP contribution in [0.25, 0.3) is 0 Å². The number of nitrogens with one attached hydrogen (secondary N) is 1. The van der Waals surface area contributed by atoms with E-state index in [1.807, 2.05) is 0 Å². The van der Waals surface area contributed by atoms with E-state index in [-0.39, 0.29) is 5.56 Å². The zero-order chi connectivity index (χ0) is 17.2. The summed E-state index contributed by atoms with van der Waals surface area (Å²) >= 11 is 0. The maximum atomic E-state index is 13.1. The van der Waals surface area contributed by atoms with Gasteiger partial charge in [-0.2, -0.15) is 0 Å². The average Bonchev–Trinajstić information content (AvgIpc) is 2.48. The highest BCUT2D eigenvalue weighted by Gasteiger charge is 2.19. The van der Waals surface area contributed by atoms with Crippen molar-refractivity contribution >= 4 is 11.8 Å². The standard InChI is InChI=1S/C17H24F2N2O2/c1-2-3-4-5-6-7-8-15(16(20)22)21-17(23)12-9-13(18)11-14(19)10-12/h9-11,15H,2-8H2,1H3,(H2,20,22)(H,21,23)/t15-/m0/s1. The van der Waals surface area contributed by atoms with Crippen molar-refractivity contribution in [1.29, 1.82) is 0 Å². The van der Waals surface area contributed by atoms with Crippen LogP contribution in [0.2, 0.25) is 0 Å². The Morgan fingerprint density at radius 1 is 1.04 bits per heavy atom. The molecular formula is C17H24F2N2O2. The predicted octanol–water partition coefficient (Wildman–Crippen LogP) is 3.30. The maximum Gasteiger partial charge on any atom is 0.252 e. The van der Waals surface area contributed by atoms with Crippen LogP contribution in [0.5, 0.6) is 0 Å². The van der Waals surface area contributed by atoms with Crippen molar-refractivity contribution < 1.29 is 18.4 Å². The Labute approximate surface area is 135 Å². The fourth-order valence-corrected chi connectivity index (χ4v) is 2.34. The van der Waals surface area contributed by atoms with Crippen LogP contribution in [0, 0.1) is 11.6 Å². The molecule has 0 saturated carbocycles. The minimum absolute atomic E-state index is 0.170. The summed E-state index contributed by atoms with van der Waals surface area (Å²) < 4.78 is 26.2.